The third-order valence-corrected chi connectivity index (χ3v) is 3.17. The van der Waals surface area contributed by atoms with E-state index in [4.69, 9.17) is 17.3 Å². The molecule has 1 amide bonds. The second kappa shape index (κ2) is 6.43. The molecule has 0 radical (unpaired) electrons. The lowest BCUT2D eigenvalue weighted by molar-refractivity contribution is -0.116. The molecule has 0 fully saturated rings. The summed E-state index contributed by atoms with van der Waals surface area (Å²) in [7, 11) is 0. The molecule has 0 saturated carbocycles. The number of carbonyl (C=O) groups excluding carboxylic acids is 1. The average Bonchev–Trinajstić information content (AvgIpc) is 2.81. The molecule has 0 aliphatic carbocycles. The minimum atomic E-state index is -0.146. The Morgan fingerprint density at radius 3 is 3.00 bits per heavy atom. The smallest absolute Gasteiger partial charge is 0.244 e. The number of anilines is 2. The van der Waals surface area contributed by atoms with Crippen molar-refractivity contribution in [3.8, 4) is 0 Å². The van der Waals surface area contributed by atoms with Gasteiger partial charge in [0.2, 0.25) is 5.91 Å². The molecule has 0 aliphatic heterocycles. The molecule has 1 aromatic carbocycles. The summed E-state index contributed by atoms with van der Waals surface area (Å²) in [4.78, 5) is 16.3. The summed E-state index contributed by atoms with van der Waals surface area (Å²) in [6, 6.07) is 4.99. The van der Waals surface area contributed by atoms with Crippen LogP contribution in [0, 0.1) is 0 Å². The number of halogens is 1. The van der Waals surface area contributed by atoms with Crippen molar-refractivity contribution in [1.29, 1.82) is 0 Å². The lowest BCUT2D eigenvalue weighted by atomic mass is 10.3. The van der Waals surface area contributed by atoms with Gasteiger partial charge in [-0.05, 0) is 24.6 Å². The van der Waals surface area contributed by atoms with Gasteiger partial charge in [-0.3, -0.25) is 4.79 Å². The van der Waals surface area contributed by atoms with Crippen molar-refractivity contribution < 1.29 is 4.79 Å². The van der Waals surface area contributed by atoms with Crippen molar-refractivity contribution in [2.75, 3.05) is 11.1 Å². The van der Waals surface area contributed by atoms with Crippen molar-refractivity contribution >= 4 is 28.9 Å². The third-order valence-electron chi connectivity index (χ3n) is 2.86. The summed E-state index contributed by atoms with van der Waals surface area (Å²) in [5.41, 5.74) is 6.73. The molecule has 0 aliphatic rings. The molecule has 5 nitrogen and oxygen atoms in total. The molecule has 2 aromatic rings. The molecule has 106 valence electrons. The lowest BCUT2D eigenvalue weighted by Crippen LogP contribution is -2.20. The van der Waals surface area contributed by atoms with E-state index >= 15 is 0 Å². The number of hydrogen-bond donors (Lipinski definition) is 2. The fourth-order valence-electron chi connectivity index (χ4n) is 1.91. The molecule has 2 rings (SSSR count). The third kappa shape index (κ3) is 3.51. The Labute approximate surface area is 122 Å². The number of nitrogens with one attached hydrogen (secondary N) is 1. The highest BCUT2D eigenvalue weighted by Gasteiger charge is 2.09. The number of aryl methyl sites for hydroxylation is 1. The maximum absolute atomic E-state index is 12.0. The lowest BCUT2D eigenvalue weighted by Gasteiger charge is -2.10. The van der Waals surface area contributed by atoms with Gasteiger partial charge in [-0.2, -0.15) is 0 Å². The van der Waals surface area contributed by atoms with E-state index < -0.39 is 0 Å². The number of benzene rings is 1. The summed E-state index contributed by atoms with van der Waals surface area (Å²) >= 11 is 6.02. The minimum absolute atomic E-state index is 0.146. The predicted molar refractivity (Wildman–Crippen MR) is 80.7 cm³/mol. The van der Waals surface area contributed by atoms with E-state index in [1.807, 2.05) is 4.57 Å². The topological polar surface area (TPSA) is 72.9 Å². The first-order valence-corrected chi connectivity index (χ1v) is 6.83. The average molecular weight is 293 g/mol. The summed E-state index contributed by atoms with van der Waals surface area (Å²) in [6.07, 6.45) is 5.34. The molecule has 1 heterocycles. The van der Waals surface area contributed by atoms with Gasteiger partial charge in [0, 0.05) is 24.5 Å². The Hall–Kier alpha value is -2.01. The van der Waals surface area contributed by atoms with Crippen molar-refractivity contribution in [2.45, 2.75) is 26.3 Å². The first-order chi connectivity index (χ1) is 9.60. The van der Waals surface area contributed by atoms with E-state index in [2.05, 4.69) is 17.2 Å². The molecule has 0 saturated heterocycles. The number of aromatic nitrogens is 2. The zero-order valence-electron chi connectivity index (χ0n) is 11.3. The Kier molecular flexibility index (Phi) is 4.63. The van der Waals surface area contributed by atoms with Gasteiger partial charge in [0.25, 0.3) is 0 Å². The standard InChI is InChI=1S/C14H17ClN4O/c1-2-3-13-17-6-7-19(13)9-14(20)18-12-5-4-10(16)8-11(12)15/h4-8H,2-3,9,16H2,1H3,(H,18,20). The quantitative estimate of drug-likeness (QED) is 0.832. The number of hydrogen-bond acceptors (Lipinski definition) is 3. The highest BCUT2D eigenvalue weighted by atomic mass is 35.5. The maximum Gasteiger partial charge on any atom is 0.244 e. The largest absolute Gasteiger partial charge is 0.399 e. The molecule has 20 heavy (non-hydrogen) atoms. The van der Waals surface area contributed by atoms with Gasteiger partial charge in [-0.15, -0.1) is 0 Å². The van der Waals surface area contributed by atoms with Crippen LogP contribution in [0.15, 0.2) is 30.6 Å². The summed E-state index contributed by atoms with van der Waals surface area (Å²) in [5, 5.41) is 3.20. The van der Waals surface area contributed by atoms with Crippen LogP contribution in [0.25, 0.3) is 0 Å². The monoisotopic (exact) mass is 292 g/mol. The zero-order valence-corrected chi connectivity index (χ0v) is 12.0. The van der Waals surface area contributed by atoms with Crippen LogP contribution in [-0.2, 0) is 17.8 Å². The van der Waals surface area contributed by atoms with Crippen molar-refractivity contribution in [2.24, 2.45) is 0 Å². The van der Waals surface area contributed by atoms with Gasteiger partial charge in [-0.25, -0.2) is 4.98 Å². The Morgan fingerprint density at radius 1 is 1.50 bits per heavy atom. The molecular formula is C14H17ClN4O. The molecular weight excluding hydrogens is 276 g/mol. The van der Waals surface area contributed by atoms with Crippen LogP contribution in [0.5, 0.6) is 0 Å². The van der Waals surface area contributed by atoms with Gasteiger partial charge < -0.3 is 15.6 Å². The molecule has 1 aromatic heterocycles. The van der Waals surface area contributed by atoms with E-state index in [1.54, 1.807) is 30.6 Å². The van der Waals surface area contributed by atoms with Crippen molar-refractivity contribution in [3.05, 3.63) is 41.4 Å². The van der Waals surface area contributed by atoms with Crippen LogP contribution in [-0.4, -0.2) is 15.5 Å². The molecule has 0 spiro atoms. The minimum Gasteiger partial charge on any atom is -0.399 e. The fraction of sp³-hybridized carbons (Fsp3) is 0.286. The number of nitrogen functional groups attached to an aromatic ring is 1. The van der Waals surface area contributed by atoms with Crippen LogP contribution in [0.3, 0.4) is 0 Å². The highest BCUT2D eigenvalue weighted by molar-refractivity contribution is 6.34. The van der Waals surface area contributed by atoms with Crippen molar-refractivity contribution in [3.63, 3.8) is 0 Å². The first-order valence-electron chi connectivity index (χ1n) is 6.45. The van der Waals surface area contributed by atoms with Crippen molar-refractivity contribution in [1.82, 2.24) is 9.55 Å². The van der Waals surface area contributed by atoms with Gasteiger partial charge in [-0.1, -0.05) is 18.5 Å². The van der Waals surface area contributed by atoms with Crippen LogP contribution < -0.4 is 11.1 Å². The Bertz CT molecular complexity index is 609. The van der Waals surface area contributed by atoms with Gasteiger partial charge in [0.1, 0.15) is 12.4 Å². The number of carbonyl (C=O) groups is 1. The number of amides is 1. The van der Waals surface area contributed by atoms with Crippen LogP contribution in [0.2, 0.25) is 5.02 Å². The Morgan fingerprint density at radius 2 is 2.30 bits per heavy atom. The van der Waals surface area contributed by atoms with Crippen LogP contribution in [0.1, 0.15) is 19.2 Å². The highest BCUT2D eigenvalue weighted by Crippen LogP contribution is 2.23. The van der Waals surface area contributed by atoms with Crippen LogP contribution in [0.4, 0.5) is 11.4 Å². The summed E-state index contributed by atoms with van der Waals surface area (Å²) in [5.74, 6) is 0.762. The normalized spacial score (nSPS) is 10.5. The maximum atomic E-state index is 12.0. The van der Waals surface area contributed by atoms with E-state index in [0.717, 1.165) is 18.7 Å². The second-order valence-electron chi connectivity index (χ2n) is 4.51. The molecule has 0 bridgehead atoms. The molecule has 0 unspecified atom stereocenters. The van der Waals surface area contributed by atoms with E-state index in [1.165, 1.54) is 0 Å². The molecule has 0 atom stereocenters. The molecule has 3 N–H and O–H groups in total. The van der Waals surface area contributed by atoms with Gasteiger partial charge in [0.15, 0.2) is 0 Å². The summed E-state index contributed by atoms with van der Waals surface area (Å²) in [6.45, 7) is 2.29. The predicted octanol–water partition coefficient (Wildman–Crippen LogP) is 2.71. The van der Waals surface area contributed by atoms with E-state index in [9.17, 15) is 4.79 Å². The van der Waals surface area contributed by atoms with Gasteiger partial charge >= 0.3 is 0 Å². The fourth-order valence-corrected chi connectivity index (χ4v) is 2.15. The summed E-state index contributed by atoms with van der Waals surface area (Å²) < 4.78 is 1.84. The first kappa shape index (κ1) is 14.4. The number of imidazole rings is 1. The van der Waals surface area contributed by atoms with E-state index in [-0.39, 0.29) is 12.5 Å². The number of nitrogens with zero attached hydrogens (tertiary/aromatic N) is 2. The zero-order chi connectivity index (χ0) is 14.5. The number of nitrogens with two attached hydrogens (primary N) is 1. The van der Waals surface area contributed by atoms with E-state index in [0.29, 0.717) is 16.4 Å². The SMILES string of the molecule is CCCc1nccn1CC(=O)Nc1ccc(N)cc1Cl. The number of rotatable bonds is 5. The second-order valence-corrected chi connectivity index (χ2v) is 4.92. The van der Waals surface area contributed by atoms with Crippen LogP contribution >= 0.6 is 11.6 Å². The van der Waals surface area contributed by atoms with Gasteiger partial charge in [0.05, 0.1) is 10.7 Å². The Balaban J connectivity index is 2.03. The molecule has 6 heteroatoms.